The highest BCUT2D eigenvalue weighted by Gasteiger charge is 2.20. The molecule has 34 heavy (non-hydrogen) atoms. The molecule has 1 unspecified atom stereocenters. The van der Waals surface area contributed by atoms with Gasteiger partial charge in [-0.25, -0.2) is 0 Å². The second kappa shape index (κ2) is 12.2. The average Bonchev–Trinajstić information content (AvgIpc) is 3.15. The number of amides is 2. The molecule has 0 saturated heterocycles. The third-order valence-electron chi connectivity index (χ3n) is 4.59. The van der Waals surface area contributed by atoms with Crippen LogP contribution in [0.1, 0.15) is 24.9 Å². The Hall–Kier alpha value is -1.94. The van der Waals surface area contributed by atoms with Crippen molar-refractivity contribution in [1.82, 2.24) is 4.90 Å². The van der Waals surface area contributed by atoms with Gasteiger partial charge in [-0.1, -0.05) is 34.8 Å². The number of rotatable bonds is 9. The normalized spacial score (nSPS) is 11.9. The van der Waals surface area contributed by atoms with Gasteiger partial charge in [-0.05, 0) is 62.6 Å². The van der Waals surface area contributed by atoms with Gasteiger partial charge < -0.3 is 15.5 Å². The standard InChI is InChI=1S/C23H22Cl3N3O3S2/c1-29(2)9-10-34(32)13-17-12-19(26)21(33-17)23(31)28-20-8-5-15(25)11-18(20)22(30)27-16-6-3-14(24)4-7-16/h3-8,11-12H,9-10,13H2,1-2H3,(H,27,30)(H,28,31). The van der Waals surface area contributed by atoms with E-state index in [1.807, 2.05) is 19.0 Å². The summed E-state index contributed by atoms with van der Waals surface area (Å²) in [6, 6.07) is 12.9. The summed E-state index contributed by atoms with van der Waals surface area (Å²) < 4.78 is 12.3. The third-order valence-corrected chi connectivity index (χ3v) is 8.07. The number of anilines is 2. The maximum absolute atomic E-state index is 13.0. The molecule has 0 aliphatic heterocycles. The van der Waals surface area contributed by atoms with Crippen LogP contribution in [0, 0.1) is 0 Å². The van der Waals surface area contributed by atoms with E-state index in [-0.39, 0.29) is 21.2 Å². The van der Waals surface area contributed by atoms with Gasteiger partial charge in [0.1, 0.15) is 4.88 Å². The van der Waals surface area contributed by atoms with Crippen LogP contribution in [0.4, 0.5) is 11.4 Å². The molecule has 0 fully saturated rings. The maximum atomic E-state index is 13.0. The molecule has 2 aromatic carbocycles. The van der Waals surface area contributed by atoms with Crippen molar-refractivity contribution < 1.29 is 13.8 Å². The summed E-state index contributed by atoms with van der Waals surface area (Å²) in [6.07, 6.45) is 0. The summed E-state index contributed by atoms with van der Waals surface area (Å²) in [6.45, 7) is 0.705. The van der Waals surface area contributed by atoms with Gasteiger partial charge in [-0.3, -0.25) is 13.8 Å². The van der Waals surface area contributed by atoms with Crippen LogP contribution in [-0.2, 0) is 16.6 Å². The van der Waals surface area contributed by atoms with Crippen molar-refractivity contribution in [3.63, 3.8) is 0 Å². The van der Waals surface area contributed by atoms with E-state index >= 15 is 0 Å². The lowest BCUT2D eigenvalue weighted by molar-refractivity contribution is 0.102. The molecule has 3 rings (SSSR count). The maximum Gasteiger partial charge on any atom is 0.267 e. The number of hydrogen-bond donors (Lipinski definition) is 2. The molecule has 6 nitrogen and oxygen atoms in total. The molecule has 0 aliphatic rings. The Bertz CT molecular complexity index is 1210. The fourth-order valence-corrected chi connectivity index (χ4v) is 6.06. The van der Waals surface area contributed by atoms with E-state index in [9.17, 15) is 13.8 Å². The topological polar surface area (TPSA) is 78.5 Å². The van der Waals surface area contributed by atoms with E-state index in [1.54, 1.807) is 42.5 Å². The van der Waals surface area contributed by atoms with E-state index < -0.39 is 22.6 Å². The molecule has 0 radical (unpaired) electrons. The molecule has 1 heterocycles. The molecule has 0 saturated carbocycles. The number of hydrogen-bond acceptors (Lipinski definition) is 5. The molecular formula is C23H22Cl3N3O3S2. The Morgan fingerprint density at radius 2 is 1.62 bits per heavy atom. The quantitative estimate of drug-likeness (QED) is 0.336. The van der Waals surface area contributed by atoms with Gasteiger partial charge in [0, 0.05) is 43.7 Å². The van der Waals surface area contributed by atoms with Crippen molar-refractivity contribution in [2.75, 3.05) is 37.0 Å². The monoisotopic (exact) mass is 557 g/mol. The summed E-state index contributed by atoms with van der Waals surface area (Å²) in [7, 11) is 2.77. The van der Waals surface area contributed by atoms with Crippen LogP contribution in [0.15, 0.2) is 48.5 Å². The molecular weight excluding hydrogens is 537 g/mol. The highest BCUT2D eigenvalue weighted by Crippen LogP contribution is 2.30. The third kappa shape index (κ3) is 7.53. The molecule has 11 heteroatoms. The molecule has 3 aromatic rings. The second-order valence-electron chi connectivity index (χ2n) is 7.59. The fourth-order valence-electron chi connectivity index (χ4n) is 2.88. The van der Waals surface area contributed by atoms with Gasteiger partial charge in [0.05, 0.1) is 22.0 Å². The first-order chi connectivity index (χ1) is 16.1. The minimum atomic E-state index is -1.07. The first-order valence-corrected chi connectivity index (χ1v) is 13.5. The van der Waals surface area contributed by atoms with Crippen LogP contribution in [0.25, 0.3) is 0 Å². The van der Waals surface area contributed by atoms with Gasteiger partial charge >= 0.3 is 0 Å². The van der Waals surface area contributed by atoms with Crippen molar-refractivity contribution >= 4 is 80.1 Å². The summed E-state index contributed by atoms with van der Waals surface area (Å²) in [5, 5.41) is 6.65. The Morgan fingerprint density at radius 3 is 2.29 bits per heavy atom. The zero-order valence-electron chi connectivity index (χ0n) is 18.4. The van der Waals surface area contributed by atoms with Crippen LogP contribution in [-0.4, -0.2) is 47.3 Å². The number of thiophene rings is 1. The zero-order chi connectivity index (χ0) is 24.8. The van der Waals surface area contributed by atoms with Crippen LogP contribution < -0.4 is 10.6 Å². The van der Waals surface area contributed by atoms with E-state index in [0.717, 1.165) is 4.88 Å². The molecule has 0 spiro atoms. The van der Waals surface area contributed by atoms with Crippen molar-refractivity contribution in [1.29, 1.82) is 0 Å². The highest BCUT2D eigenvalue weighted by molar-refractivity contribution is 7.84. The first kappa shape index (κ1) is 26.7. The number of carbonyl (C=O) groups is 2. The van der Waals surface area contributed by atoms with Gasteiger partial charge in [0.15, 0.2) is 0 Å². The lowest BCUT2D eigenvalue weighted by atomic mass is 10.1. The highest BCUT2D eigenvalue weighted by atomic mass is 35.5. The molecule has 0 aliphatic carbocycles. The largest absolute Gasteiger partial charge is 0.322 e. The predicted molar refractivity (Wildman–Crippen MR) is 143 cm³/mol. The zero-order valence-corrected chi connectivity index (χ0v) is 22.3. The first-order valence-electron chi connectivity index (χ1n) is 10.1. The Labute approximate surface area is 219 Å². The minimum Gasteiger partial charge on any atom is -0.322 e. The van der Waals surface area contributed by atoms with E-state index in [1.165, 1.54) is 17.4 Å². The van der Waals surface area contributed by atoms with Gasteiger partial charge in [-0.2, -0.15) is 0 Å². The van der Waals surface area contributed by atoms with Crippen molar-refractivity contribution in [2.45, 2.75) is 5.75 Å². The summed E-state index contributed by atoms with van der Waals surface area (Å²) in [5.41, 5.74) is 1.01. The summed E-state index contributed by atoms with van der Waals surface area (Å²) in [5.74, 6) is -0.0696. The van der Waals surface area contributed by atoms with E-state index in [4.69, 9.17) is 34.8 Å². The van der Waals surface area contributed by atoms with E-state index in [2.05, 4.69) is 10.6 Å². The van der Waals surface area contributed by atoms with Crippen molar-refractivity contribution in [2.24, 2.45) is 0 Å². The number of nitrogens with one attached hydrogen (secondary N) is 2. The second-order valence-corrected chi connectivity index (χ2v) is 11.6. The van der Waals surface area contributed by atoms with Crippen LogP contribution in [0.2, 0.25) is 15.1 Å². The van der Waals surface area contributed by atoms with Crippen LogP contribution >= 0.6 is 46.1 Å². The fraction of sp³-hybridized carbons (Fsp3) is 0.217. The van der Waals surface area contributed by atoms with E-state index in [0.29, 0.717) is 33.8 Å². The molecule has 1 aromatic heterocycles. The molecule has 0 bridgehead atoms. The van der Waals surface area contributed by atoms with Gasteiger partial charge in [0.2, 0.25) is 0 Å². The molecule has 2 amide bonds. The predicted octanol–water partition coefficient (Wildman–Crippen LogP) is 6.02. The summed E-state index contributed by atoms with van der Waals surface area (Å²) >= 11 is 19.5. The molecule has 1 atom stereocenters. The minimum absolute atomic E-state index is 0.188. The molecule has 180 valence electrons. The lowest BCUT2D eigenvalue weighted by Gasteiger charge is -2.12. The Kier molecular flexibility index (Phi) is 9.53. The van der Waals surface area contributed by atoms with Crippen molar-refractivity contribution in [3.05, 3.63) is 78.9 Å². The lowest BCUT2D eigenvalue weighted by Crippen LogP contribution is -2.19. The summed E-state index contributed by atoms with van der Waals surface area (Å²) in [4.78, 5) is 28.8. The SMILES string of the molecule is CN(C)CCS(=O)Cc1cc(Cl)c(C(=O)Nc2ccc(Cl)cc2C(=O)Nc2ccc(Cl)cc2)s1. The average molecular weight is 559 g/mol. The number of nitrogens with zero attached hydrogens (tertiary/aromatic N) is 1. The number of halogens is 3. The number of carbonyl (C=O) groups excluding carboxylic acids is 2. The smallest absolute Gasteiger partial charge is 0.267 e. The van der Waals surface area contributed by atoms with Crippen LogP contribution in [0.5, 0.6) is 0 Å². The van der Waals surface area contributed by atoms with Crippen LogP contribution in [0.3, 0.4) is 0 Å². The Morgan fingerprint density at radius 1 is 0.941 bits per heavy atom. The molecule has 2 N–H and O–H groups in total. The van der Waals surface area contributed by atoms with Crippen molar-refractivity contribution in [3.8, 4) is 0 Å². The Balaban J connectivity index is 1.75. The van der Waals surface area contributed by atoms with Gasteiger partial charge in [-0.15, -0.1) is 11.3 Å². The van der Waals surface area contributed by atoms with Gasteiger partial charge in [0.25, 0.3) is 11.8 Å². The number of benzene rings is 2.